The number of fused-ring (bicyclic) bond motifs is 2. The molecule has 0 bridgehead atoms. The normalized spacial score (nSPS) is 42.6. The number of ether oxygens (including phenoxy) is 1. The Morgan fingerprint density at radius 3 is 2.49 bits per heavy atom. The van der Waals surface area contributed by atoms with Gasteiger partial charge in [0.1, 0.15) is 6.10 Å². The molecular weight excluding hydrogens is 444 g/mol. The summed E-state index contributed by atoms with van der Waals surface area (Å²) in [6.45, 7) is 7.43. The molecule has 6 aliphatic rings. The average molecular weight is 489 g/mol. The summed E-state index contributed by atoms with van der Waals surface area (Å²) in [5.74, 6) is 1.34. The molecule has 0 spiro atoms. The fraction of sp³-hybridized carbons (Fsp3) is 0.923. The molecule has 0 aromatic rings. The number of carbonyl (C=O) groups is 2. The zero-order valence-electron chi connectivity index (χ0n) is 21.7. The maximum atomic E-state index is 13.6. The Hall–Kier alpha value is -1.42. The first-order valence-corrected chi connectivity index (χ1v) is 14.1. The van der Waals surface area contributed by atoms with Gasteiger partial charge < -0.3 is 14.5 Å². The highest BCUT2D eigenvalue weighted by Crippen LogP contribution is 2.41. The predicted molar refractivity (Wildman–Crippen MR) is 132 cm³/mol. The van der Waals surface area contributed by atoms with Crippen LogP contribution in [0.2, 0.25) is 0 Å². The fourth-order valence-corrected chi connectivity index (χ4v) is 7.99. The van der Waals surface area contributed by atoms with Crippen LogP contribution >= 0.6 is 0 Å². The first-order chi connectivity index (χ1) is 16.9. The van der Waals surface area contributed by atoms with E-state index < -0.39 is 0 Å². The van der Waals surface area contributed by atoms with Crippen LogP contribution in [-0.2, 0) is 9.53 Å². The molecule has 6 fully saturated rings. The van der Waals surface area contributed by atoms with E-state index >= 15 is 0 Å². The topological polar surface area (TPSA) is 80.4 Å². The Bertz CT molecular complexity index is 823. The highest BCUT2D eigenvalue weighted by Gasteiger charge is 2.49. The van der Waals surface area contributed by atoms with E-state index in [9.17, 15) is 9.59 Å². The molecule has 3 aliphatic heterocycles. The molecule has 3 aliphatic carbocycles. The van der Waals surface area contributed by atoms with Gasteiger partial charge in [-0.25, -0.2) is 9.80 Å². The molecule has 9 nitrogen and oxygen atoms in total. The van der Waals surface area contributed by atoms with Crippen LogP contribution in [0.4, 0.5) is 4.79 Å². The van der Waals surface area contributed by atoms with Crippen molar-refractivity contribution in [3.8, 4) is 0 Å². The van der Waals surface area contributed by atoms with Crippen LogP contribution in [0.3, 0.4) is 0 Å². The van der Waals surface area contributed by atoms with Gasteiger partial charge in [0.2, 0.25) is 5.91 Å². The molecule has 3 saturated carbocycles. The van der Waals surface area contributed by atoms with E-state index in [2.05, 4.69) is 39.5 Å². The Kier molecular flexibility index (Phi) is 6.48. The lowest BCUT2D eigenvalue weighted by Gasteiger charge is -2.54. The number of carbonyl (C=O) groups excluding carboxylic acids is 2. The maximum absolute atomic E-state index is 13.6. The van der Waals surface area contributed by atoms with Crippen LogP contribution in [0, 0.1) is 11.8 Å². The van der Waals surface area contributed by atoms with Gasteiger partial charge in [0.25, 0.3) is 0 Å². The molecule has 8 atom stereocenters. The second-order valence-corrected chi connectivity index (χ2v) is 12.3. The van der Waals surface area contributed by atoms with Crippen molar-refractivity contribution in [1.82, 2.24) is 30.5 Å². The summed E-state index contributed by atoms with van der Waals surface area (Å²) in [5, 5.41) is 6.04. The minimum Gasteiger partial charge on any atom is -0.446 e. The van der Waals surface area contributed by atoms with Gasteiger partial charge in [-0.1, -0.05) is 0 Å². The van der Waals surface area contributed by atoms with Crippen molar-refractivity contribution in [3.05, 3.63) is 0 Å². The second-order valence-electron chi connectivity index (χ2n) is 12.3. The van der Waals surface area contributed by atoms with Crippen LogP contribution < -0.4 is 10.7 Å². The summed E-state index contributed by atoms with van der Waals surface area (Å²) in [7, 11) is 2.17. The van der Waals surface area contributed by atoms with E-state index in [4.69, 9.17) is 4.74 Å². The Balaban J connectivity index is 1.14. The van der Waals surface area contributed by atoms with Crippen molar-refractivity contribution >= 4 is 12.0 Å². The first kappa shape index (κ1) is 23.9. The summed E-state index contributed by atoms with van der Waals surface area (Å²) in [5.41, 5.74) is 3.64. The molecule has 3 heterocycles. The van der Waals surface area contributed by atoms with E-state index in [0.29, 0.717) is 30.5 Å². The van der Waals surface area contributed by atoms with Gasteiger partial charge in [-0.2, -0.15) is 0 Å². The Morgan fingerprint density at radius 2 is 1.71 bits per heavy atom. The third-order valence-electron chi connectivity index (χ3n) is 9.96. The molecule has 0 aromatic carbocycles. The van der Waals surface area contributed by atoms with Gasteiger partial charge in [0.05, 0.1) is 12.1 Å². The van der Waals surface area contributed by atoms with Gasteiger partial charge in [0, 0.05) is 63.8 Å². The molecule has 7 unspecified atom stereocenters. The number of hydrogen-bond donors (Lipinski definition) is 2. The quantitative estimate of drug-likeness (QED) is 0.625. The lowest BCUT2D eigenvalue weighted by molar-refractivity contribution is -0.142. The number of rotatable bonds is 3. The molecule has 2 amide bonds. The number of nitrogens with one attached hydrogen (secondary N) is 2. The molecule has 0 aromatic heterocycles. The summed E-state index contributed by atoms with van der Waals surface area (Å²) < 4.78 is 6.19. The first-order valence-electron chi connectivity index (χ1n) is 14.1. The lowest BCUT2D eigenvalue weighted by Crippen LogP contribution is -2.67. The number of hydrazine groups is 1. The Labute approximate surface area is 209 Å². The Morgan fingerprint density at radius 1 is 0.914 bits per heavy atom. The van der Waals surface area contributed by atoms with Crippen LogP contribution in [-0.4, -0.2) is 107 Å². The molecule has 3 saturated heterocycles. The maximum Gasteiger partial charge on any atom is 0.410 e. The monoisotopic (exact) mass is 488 g/mol. The largest absolute Gasteiger partial charge is 0.446 e. The minimum absolute atomic E-state index is 0.0205. The molecule has 0 radical (unpaired) electrons. The van der Waals surface area contributed by atoms with Crippen molar-refractivity contribution in [1.29, 1.82) is 0 Å². The number of hydrogen-bond acceptors (Lipinski definition) is 7. The number of amides is 2. The van der Waals surface area contributed by atoms with Gasteiger partial charge in [0.15, 0.2) is 0 Å². The van der Waals surface area contributed by atoms with Crippen molar-refractivity contribution in [2.24, 2.45) is 11.8 Å². The van der Waals surface area contributed by atoms with Crippen LogP contribution in [0.1, 0.15) is 65.2 Å². The molecular formula is C26H44N6O3. The minimum atomic E-state index is -0.158. The average Bonchev–Trinajstić information content (AvgIpc) is 3.45. The molecule has 9 heteroatoms. The van der Waals surface area contributed by atoms with E-state index in [1.165, 1.54) is 12.8 Å². The third kappa shape index (κ3) is 4.58. The van der Waals surface area contributed by atoms with E-state index in [-0.39, 0.29) is 36.2 Å². The van der Waals surface area contributed by atoms with Crippen molar-refractivity contribution < 1.29 is 14.3 Å². The van der Waals surface area contributed by atoms with Crippen LogP contribution in [0.25, 0.3) is 0 Å². The predicted octanol–water partition coefficient (Wildman–Crippen LogP) is 1.59. The number of piperazine rings is 1. The number of likely N-dealkylation sites (N-methyl/N-ethyl adjacent to an activating group) is 1. The zero-order valence-corrected chi connectivity index (χ0v) is 21.7. The van der Waals surface area contributed by atoms with Crippen molar-refractivity contribution in [2.45, 2.75) is 108 Å². The highest BCUT2D eigenvalue weighted by molar-refractivity contribution is 5.75. The summed E-state index contributed by atoms with van der Waals surface area (Å²) in [4.78, 5) is 32.7. The number of nitrogens with zero attached hydrogens (tertiary/aromatic N) is 4. The molecule has 6 rings (SSSR count). The molecule has 2 N–H and O–H groups in total. The van der Waals surface area contributed by atoms with E-state index in [0.717, 1.165) is 64.3 Å². The summed E-state index contributed by atoms with van der Waals surface area (Å²) >= 11 is 0. The van der Waals surface area contributed by atoms with Gasteiger partial charge >= 0.3 is 6.09 Å². The third-order valence-corrected chi connectivity index (χ3v) is 9.96. The van der Waals surface area contributed by atoms with E-state index in [1.807, 2.05) is 4.90 Å². The SMILES string of the molecule is CC(=O)N1C2CCC(C3CNN(C4CC4)C3)CC2N(C(=O)OC2CCC3C(C2)NCN3C)C[C@@H]1C. The van der Waals surface area contributed by atoms with Crippen molar-refractivity contribution in [2.75, 3.05) is 33.4 Å². The molecule has 35 heavy (non-hydrogen) atoms. The molecule has 196 valence electrons. The van der Waals surface area contributed by atoms with Crippen LogP contribution in [0.15, 0.2) is 0 Å². The van der Waals surface area contributed by atoms with Gasteiger partial charge in [-0.3, -0.25) is 20.4 Å². The van der Waals surface area contributed by atoms with Gasteiger partial charge in [-0.05, 0) is 70.8 Å². The zero-order chi connectivity index (χ0) is 24.3. The lowest BCUT2D eigenvalue weighted by atomic mass is 9.73. The highest BCUT2D eigenvalue weighted by atomic mass is 16.6. The van der Waals surface area contributed by atoms with Crippen LogP contribution in [0.5, 0.6) is 0 Å². The van der Waals surface area contributed by atoms with E-state index in [1.54, 1.807) is 6.92 Å². The summed E-state index contributed by atoms with van der Waals surface area (Å²) in [6, 6.07) is 1.89. The smallest absolute Gasteiger partial charge is 0.410 e. The fourth-order valence-electron chi connectivity index (χ4n) is 7.99. The summed E-state index contributed by atoms with van der Waals surface area (Å²) in [6.07, 6.45) is 8.44. The van der Waals surface area contributed by atoms with Crippen molar-refractivity contribution in [3.63, 3.8) is 0 Å². The second kappa shape index (κ2) is 9.47. The van der Waals surface area contributed by atoms with Gasteiger partial charge in [-0.15, -0.1) is 0 Å². The standard InChI is InChI=1S/C26H44N6O3/c1-16-13-30(26(34)35-21-7-9-23-22(11-21)27-15-29(23)3)25-10-18(4-8-24(25)32(16)17(2)33)19-12-28-31(14-19)20-5-6-20/h16,18-25,27-28H,4-15H2,1-3H3/t16-,18?,19?,21?,22?,23?,24?,25?/m0/s1.